The van der Waals surface area contributed by atoms with Gasteiger partial charge in [0.15, 0.2) is 5.69 Å². The molecule has 1 aromatic carbocycles. The molecule has 1 saturated heterocycles. The maximum absolute atomic E-state index is 12.4. The molecular formula is C21H26N4O3. The second kappa shape index (κ2) is 6.72. The monoisotopic (exact) mass is 382 g/mol. The Bertz CT molecular complexity index is 891. The SMILES string of the molecule is CC(C)(C)OC(=O)c1cn(Cc2ccc(CN3CCC4(CC4)C3=O)cc2)nn1. The Kier molecular flexibility index (Phi) is 4.48. The first-order valence-electron chi connectivity index (χ1n) is 9.75. The molecule has 148 valence electrons. The van der Waals surface area contributed by atoms with E-state index >= 15 is 0 Å². The van der Waals surface area contributed by atoms with Crippen molar-refractivity contribution in [2.75, 3.05) is 6.54 Å². The average Bonchev–Trinajstić information content (AvgIpc) is 3.17. The van der Waals surface area contributed by atoms with E-state index < -0.39 is 11.6 Å². The van der Waals surface area contributed by atoms with Gasteiger partial charge < -0.3 is 9.64 Å². The summed E-state index contributed by atoms with van der Waals surface area (Å²) in [5.74, 6) is -0.147. The maximum Gasteiger partial charge on any atom is 0.361 e. The van der Waals surface area contributed by atoms with Crippen molar-refractivity contribution in [3.05, 3.63) is 47.3 Å². The van der Waals surface area contributed by atoms with Crippen LogP contribution in [-0.4, -0.2) is 43.9 Å². The molecule has 2 aliphatic rings. The van der Waals surface area contributed by atoms with Gasteiger partial charge in [-0.1, -0.05) is 29.5 Å². The molecule has 2 fully saturated rings. The van der Waals surface area contributed by atoms with E-state index in [0.717, 1.165) is 36.9 Å². The summed E-state index contributed by atoms with van der Waals surface area (Å²) in [4.78, 5) is 26.4. The maximum atomic E-state index is 12.4. The standard InChI is InChI=1S/C21H26N4O3/c1-20(2,3)28-18(26)17-14-25(23-22-17)13-16-6-4-15(5-7-16)12-24-11-10-21(8-9-21)19(24)27/h4-7,14H,8-13H2,1-3H3. The van der Waals surface area contributed by atoms with Gasteiger partial charge in [0.2, 0.25) is 5.91 Å². The highest BCUT2D eigenvalue weighted by Crippen LogP contribution is 2.53. The third kappa shape index (κ3) is 3.93. The number of aromatic nitrogens is 3. The molecular weight excluding hydrogens is 356 g/mol. The summed E-state index contributed by atoms with van der Waals surface area (Å²) in [6.07, 6.45) is 4.73. The van der Waals surface area contributed by atoms with E-state index in [2.05, 4.69) is 10.3 Å². The molecule has 4 rings (SSSR count). The van der Waals surface area contributed by atoms with Crippen LogP contribution < -0.4 is 0 Å². The van der Waals surface area contributed by atoms with E-state index in [0.29, 0.717) is 19.0 Å². The number of esters is 1. The highest BCUT2D eigenvalue weighted by molar-refractivity contribution is 5.87. The first-order valence-corrected chi connectivity index (χ1v) is 9.75. The van der Waals surface area contributed by atoms with Gasteiger partial charge in [-0.05, 0) is 51.2 Å². The number of amides is 1. The molecule has 1 aromatic heterocycles. The van der Waals surface area contributed by atoms with Crippen molar-refractivity contribution >= 4 is 11.9 Å². The van der Waals surface area contributed by atoms with Crippen molar-refractivity contribution in [2.45, 2.75) is 58.7 Å². The lowest BCUT2D eigenvalue weighted by Gasteiger charge is -2.18. The van der Waals surface area contributed by atoms with Crippen LogP contribution in [0.25, 0.3) is 0 Å². The quantitative estimate of drug-likeness (QED) is 0.743. The fourth-order valence-corrected chi connectivity index (χ4v) is 3.62. The molecule has 0 radical (unpaired) electrons. The van der Waals surface area contributed by atoms with E-state index in [1.165, 1.54) is 0 Å². The smallest absolute Gasteiger partial charge is 0.361 e. The average molecular weight is 382 g/mol. The Morgan fingerprint density at radius 3 is 2.32 bits per heavy atom. The molecule has 1 amide bonds. The number of rotatable bonds is 5. The Hall–Kier alpha value is -2.70. The van der Waals surface area contributed by atoms with E-state index in [9.17, 15) is 9.59 Å². The highest BCUT2D eigenvalue weighted by atomic mass is 16.6. The van der Waals surface area contributed by atoms with Crippen LogP contribution >= 0.6 is 0 Å². The Morgan fingerprint density at radius 1 is 1.11 bits per heavy atom. The number of nitrogens with zero attached hydrogens (tertiary/aromatic N) is 4. The predicted octanol–water partition coefficient (Wildman–Crippen LogP) is 2.79. The molecule has 2 heterocycles. The molecule has 2 aromatic rings. The molecule has 1 spiro atoms. The third-order valence-corrected chi connectivity index (χ3v) is 5.34. The molecule has 0 bridgehead atoms. The summed E-state index contributed by atoms with van der Waals surface area (Å²) >= 11 is 0. The van der Waals surface area contributed by atoms with Crippen LogP contribution in [-0.2, 0) is 22.6 Å². The van der Waals surface area contributed by atoms with Crippen molar-refractivity contribution in [1.29, 1.82) is 0 Å². The van der Waals surface area contributed by atoms with Gasteiger partial charge in [0.05, 0.1) is 18.2 Å². The fourth-order valence-electron chi connectivity index (χ4n) is 3.62. The van der Waals surface area contributed by atoms with Crippen LogP contribution in [0.1, 0.15) is 61.6 Å². The highest BCUT2D eigenvalue weighted by Gasteiger charge is 2.55. The van der Waals surface area contributed by atoms with Crippen molar-refractivity contribution in [3.63, 3.8) is 0 Å². The van der Waals surface area contributed by atoms with Crippen LogP contribution in [0.5, 0.6) is 0 Å². The zero-order chi connectivity index (χ0) is 19.9. The summed E-state index contributed by atoms with van der Waals surface area (Å²) in [5, 5.41) is 7.92. The molecule has 1 aliphatic heterocycles. The Morgan fingerprint density at radius 2 is 1.75 bits per heavy atom. The molecule has 7 nitrogen and oxygen atoms in total. The molecule has 1 aliphatic carbocycles. The minimum absolute atomic E-state index is 0.00111. The van der Waals surface area contributed by atoms with Gasteiger partial charge in [-0.3, -0.25) is 4.79 Å². The van der Waals surface area contributed by atoms with Gasteiger partial charge in [-0.2, -0.15) is 0 Å². The summed E-state index contributed by atoms with van der Waals surface area (Å²) in [6.45, 7) is 7.51. The lowest BCUT2D eigenvalue weighted by molar-refractivity contribution is -0.132. The van der Waals surface area contributed by atoms with E-state index in [-0.39, 0.29) is 11.1 Å². The minimum Gasteiger partial charge on any atom is -0.455 e. The van der Waals surface area contributed by atoms with Crippen LogP contribution in [0.2, 0.25) is 0 Å². The molecule has 7 heteroatoms. The van der Waals surface area contributed by atoms with Crippen molar-refractivity contribution in [2.24, 2.45) is 5.41 Å². The molecule has 28 heavy (non-hydrogen) atoms. The summed E-state index contributed by atoms with van der Waals surface area (Å²) in [7, 11) is 0. The van der Waals surface area contributed by atoms with Crippen molar-refractivity contribution < 1.29 is 14.3 Å². The van der Waals surface area contributed by atoms with E-state index in [4.69, 9.17) is 4.74 Å². The number of hydrogen-bond donors (Lipinski definition) is 0. The largest absolute Gasteiger partial charge is 0.455 e. The number of benzene rings is 1. The second-order valence-corrected chi connectivity index (χ2v) is 8.88. The number of carbonyl (C=O) groups is 2. The Balaban J connectivity index is 1.35. The summed E-state index contributed by atoms with van der Waals surface area (Å²) < 4.78 is 6.93. The van der Waals surface area contributed by atoms with Crippen LogP contribution in [0.3, 0.4) is 0 Å². The number of ether oxygens (including phenoxy) is 1. The van der Waals surface area contributed by atoms with E-state index in [1.807, 2.05) is 49.9 Å². The van der Waals surface area contributed by atoms with Gasteiger partial charge in [-0.25, -0.2) is 9.48 Å². The minimum atomic E-state index is -0.563. The molecule has 0 unspecified atom stereocenters. The first kappa shape index (κ1) is 18.7. The van der Waals surface area contributed by atoms with Gasteiger partial charge in [0.1, 0.15) is 5.60 Å². The topological polar surface area (TPSA) is 77.3 Å². The third-order valence-electron chi connectivity index (χ3n) is 5.34. The zero-order valence-electron chi connectivity index (χ0n) is 16.6. The lowest BCUT2D eigenvalue weighted by atomic mass is 10.1. The number of likely N-dealkylation sites (tertiary alicyclic amines) is 1. The van der Waals surface area contributed by atoms with Crippen LogP contribution in [0.15, 0.2) is 30.5 Å². The Labute approximate surface area is 164 Å². The van der Waals surface area contributed by atoms with E-state index in [1.54, 1.807) is 10.9 Å². The number of hydrogen-bond acceptors (Lipinski definition) is 5. The van der Waals surface area contributed by atoms with Crippen molar-refractivity contribution in [3.8, 4) is 0 Å². The molecule has 0 N–H and O–H groups in total. The van der Waals surface area contributed by atoms with Crippen LogP contribution in [0.4, 0.5) is 0 Å². The fraction of sp³-hybridized carbons (Fsp3) is 0.524. The van der Waals surface area contributed by atoms with Gasteiger partial charge in [-0.15, -0.1) is 5.10 Å². The van der Waals surface area contributed by atoms with Gasteiger partial charge in [0, 0.05) is 13.1 Å². The summed E-state index contributed by atoms with van der Waals surface area (Å²) in [5.41, 5.74) is 1.82. The molecule has 0 atom stereocenters. The summed E-state index contributed by atoms with van der Waals surface area (Å²) in [6, 6.07) is 8.15. The van der Waals surface area contributed by atoms with Gasteiger partial charge in [0.25, 0.3) is 0 Å². The van der Waals surface area contributed by atoms with Gasteiger partial charge >= 0.3 is 5.97 Å². The molecule has 1 saturated carbocycles. The van der Waals surface area contributed by atoms with Crippen LogP contribution in [0, 0.1) is 5.41 Å². The van der Waals surface area contributed by atoms with Crippen molar-refractivity contribution in [1.82, 2.24) is 19.9 Å². The number of carbonyl (C=O) groups excluding carboxylic acids is 2. The predicted molar refractivity (Wildman–Crippen MR) is 102 cm³/mol. The first-order chi connectivity index (χ1) is 13.2. The normalized spacial score (nSPS) is 18.0. The lowest BCUT2D eigenvalue weighted by Crippen LogP contribution is -2.27. The zero-order valence-corrected chi connectivity index (χ0v) is 16.6. The second-order valence-electron chi connectivity index (χ2n) is 8.88.